The van der Waals surface area contributed by atoms with Crippen molar-refractivity contribution in [2.75, 3.05) is 6.61 Å². The lowest BCUT2D eigenvalue weighted by atomic mass is 10.2. The van der Waals surface area contributed by atoms with Gasteiger partial charge in [0, 0.05) is 6.08 Å². The maximum Gasteiger partial charge on any atom is 0.377 e. The van der Waals surface area contributed by atoms with E-state index in [9.17, 15) is 19.8 Å². The highest BCUT2D eigenvalue weighted by Gasteiger charge is 2.39. The summed E-state index contributed by atoms with van der Waals surface area (Å²) < 4.78 is 9.31. The summed E-state index contributed by atoms with van der Waals surface area (Å²) in [6.07, 6.45) is -0.218. The van der Waals surface area contributed by atoms with Crippen LogP contribution in [0, 0.1) is 0 Å². The second-order valence-corrected chi connectivity index (χ2v) is 4.50. The summed E-state index contributed by atoms with van der Waals surface area (Å²) in [6.45, 7) is -0.507. The number of hydrogen-bond acceptors (Lipinski definition) is 7. The van der Waals surface area contributed by atoms with Crippen LogP contribution in [0.1, 0.15) is 5.56 Å². The van der Waals surface area contributed by atoms with Gasteiger partial charge in [-0.1, -0.05) is 30.3 Å². The Kier molecular flexibility index (Phi) is 4.80. The number of hydrogen-bond donors (Lipinski definition) is 3. The summed E-state index contributed by atoms with van der Waals surface area (Å²) in [4.78, 5) is 22.5. The van der Waals surface area contributed by atoms with Gasteiger partial charge in [-0.25, -0.2) is 9.59 Å². The van der Waals surface area contributed by atoms with E-state index >= 15 is 0 Å². The molecular weight excluding hydrogens is 292 g/mol. The molecule has 2 atom stereocenters. The number of ether oxygens (including phenoxy) is 2. The molecule has 0 bridgehead atoms. The summed E-state index contributed by atoms with van der Waals surface area (Å²) in [6, 6.07) is 9.05. The van der Waals surface area contributed by atoms with Crippen molar-refractivity contribution in [3.05, 3.63) is 53.5 Å². The predicted molar refractivity (Wildman–Crippen MR) is 74.6 cm³/mol. The van der Waals surface area contributed by atoms with E-state index in [1.165, 1.54) is 12.2 Å². The van der Waals surface area contributed by atoms with Crippen molar-refractivity contribution in [1.29, 1.82) is 0 Å². The highest BCUT2D eigenvalue weighted by atomic mass is 16.6. The van der Waals surface area contributed by atoms with E-state index < -0.39 is 42.3 Å². The number of rotatable bonds is 5. The molecule has 116 valence electrons. The van der Waals surface area contributed by atoms with Crippen LogP contribution in [0.5, 0.6) is 0 Å². The number of carbonyl (C=O) groups is 2. The quantitative estimate of drug-likeness (QED) is 0.546. The SMILES string of the molecule is O=C(C=Cc1ccccc1)OCC(O)C1OC(=O)C(O)=C1O. The molecule has 0 fully saturated rings. The molecule has 7 nitrogen and oxygen atoms in total. The molecule has 1 aliphatic heterocycles. The average Bonchev–Trinajstić information content (AvgIpc) is 2.79. The Morgan fingerprint density at radius 2 is 2.00 bits per heavy atom. The standard InChI is InChI=1S/C15H14O7/c16-10(14-12(18)13(19)15(20)22-14)8-21-11(17)7-6-9-4-2-1-3-5-9/h1-7,10,14,16,18-19H,8H2. The summed E-state index contributed by atoms with van der Waals surface area (Å²) in [5, 5.41) is 28.2. The van der Waals surface area contributed by atoms with Crippen molar-refractivity contribution in [2.24, 2.45) is 0 Å². The molecule has 0 aliphatic carbocycles. The van der Waals surface area contributed by atoms with Crippen LogP contribution in [0.3, 0.4) is 0 Å². The molecule has 7 heteroatoms. The number of cyclic esters (lactones) is 1. The zero-order valence-electron chi connectivity index (χ0n) is 11.4. The molecule has 0 saturated heterocycles. The van der Waals surface area contributed by atoms with Crippen LogP contribution in [0.2, 0.25) is 0 Å². The van der Waals surface area contributed by atoms with E-state index in [0.717, 1.165) is 5.56 Å². The molecule has 0 spiro atoms. The van der Waals surface area contributed by atoms with E-state index in [2.05, 4.69) is 4.74 Å². The average molecular weight is 306 g/mol. The van der Waals surface area contributed by atoms with Gasteiger partial charge in [0.2, 0.25) is 5.76 Å². The van der Waals surface area contributed by atoms with Crippen molar-refractivity contribution in [3.63, 3.8) is 0 Å². The lowest BCUT2D eigenvalue weighted by Crippen LogP contribution is -2.33. The van der Waals surface area contributed by atoms with Gasteiger partial charge in [-0.15, -0.1) is 0 Å². The molecule has 0 saturated carbocycles. The molecule has 3 N–H and O–H groups in total. The first-order valence-electron chi connectivity index (χ1n) is 6.40. The Balaban J connectivity index is 1.84. The molecule has 0 radical (unpaired) electrons. The lowest BCUT2D eigenvalue weighted by Gasteiger charge is -2.16. The van der Waals surface area contributed by atoms with Crippen LogP contribution in [0.15, 0.2) is 47.9 Å². The smallest absolute Gasteiger partial charge is 0.377 e. The second kappa shape index (κ2) is 6.77. The highest BCUT2D eigenvalue weighted by Crippen LogP contribution is 2.21. The maximum absolute atomic E-state index is 11.5. The summed E-state index contributed by atoms with van der Waals surface area (Å²) in [7, 11) is 0. The summed E-state index contributed by atoms with van der Waals surface area (Å²) in [5.74, 6) is -3.59. The van der Waals surface area contributed by atoms with Crippen LogP contribution < -0.4 is 0 Å². The minimum Gasteiger partial charge on any atom is -0.505 e. The molecule has 1 aromatic carbocycles. The maximum atomic E-state index is 11.5. The van der Waals surface area contributed by atoms with E-state index in [-0.39, 0.29) is 0 Å². The van der Waals surface area contributed by atoms with Gasteiger partial charge in [0.15, 0.2) is 11.9 Å². The summed E-state index contributed by atoms with van der Waals surface area (Å²) in [5.41, 5.74) is 0.801. The third-order valence-corrected chi connectivity index (χ3v) is 2.90. The number of benzene rings is 1. The molecule has 0 aromatic heterocycles. The first-order valence-corrected chi connectivity index (χ1v) is 6.40. The van der Waals surface area contributed by atoms with Gasteiger partial charge in [-0.2, -0.15) is 0 Å². The van der Waals surface area contributed by atoms with Crippen molar-refractivity contribution < 1.29 is 34.4 Å². The first-order chi connectivity index (χ1) is 10.5. The fraction of sp³-hybridized carbons (Fsp3) is 0.200. The molecule has 2 unspecified atom stereocenters. The van der Waals surface area contributed by atoms with E-state index in [4.69, 9.17) is 9.84 Å². The highest BCUT2D eigenvalue weighted by molar-refractivity contribution is 5.89. The van der Waals surface area contributed by atoms with Gasteiger partial charge in [-0.3, -0.25) is 0 Å². The van der Waals surface area contributed by atoms with Gasteiger partial charge in [0.05, 0.1) is 0 Å². The zero-order chi connectivity index (χ0) is 16.1. The Morgan fingerprint density at radius 3 is 2.59 bits per heavy atom. The van der Waals surface area contributed by atoms with Crippen LogP contribution in [0.4, 0.5) is 0 Å². The number of aliphatic hydroxyl groups excluding tert-OH is 3. The van der Waals surface area contributed by atoms with Crippen LogP contribution in [-0.4, -0.2) is 46.1 Å². The molecule has 1 aliphatic rings. The van der Waals surface area contributed by atoms with Gasteiger partial charge >= 0.3 is 11.9 Å². The van der Waals surface area contributed by atoms with Gasteiger partial charge in [0.1, 0.15) is 12.7 Å². The molecule has 1 heterocycles. The lowest BCUT2D eigenvalue weighted by molar-refractivity contribution is -0.151. The van der Waals surface area contributed by atoms with Crippen molar-refractivity contribution in [1.82, 2.24) is 0 Å². The Labute approximate surface area is 125 Å². The second-order valence-electron chi connectivity index (χ2n) is 4.50. The van der Waals surface area contributed by atoms with Crippen molar-refractivity contribution >= 4 is 18.0 Å². The topological polar surface area (TPSA) is 113 Å². The molecule has 0 amide bonds. The normalized spacial score (nSPS) is 19.3. The Hall–Kier alpha value is -2.80. The largest absolute Gasteiger partial charge is 0.505 e. The van der Waals surface area contributed by atoms with E-state index in [1.807, 2.05) is 18.2 Å². The van der Waals surface area contributed by atoms with Gasteiger partial charge in [-0.05, 0) is 11.6 Å². The molecule has 1 aromatic rings. The van der Waals surface area contributed by atoms with Crippen LogP contribution in [0.25, 0.3) is 6.08 Å². The number of carbonyl (C=O) groups excluding carboxylic acids is 2. The molecule has 2 rings (SSSR count). The van der Waals surface area contributed by atoms with Crippen molar-refractivity contribution in [2.45, 2.75) is 12.2 Å². The van der Waals surface area contributed by atoms with E-state index in [1.54, 1.807) is 12.1 Å². The first kappa shape index (κ1) is 15.6. The zero-order valence-corrected chi connectivity index (χ0v) is 11.4. The van der Waals surface area contributed by atoms with Gasteiger partial charge < -0.3 is 24.8 Å². The minimum absolute atomic E-state index is 0.507. The third kappa shape index (κ3) is 3.64. The Bertz CT molecular complexity index is 618. The fourth-order valence-corrected chi connectivity index (χ4v) is 1.76. The number of esters is 2. The third-order valence-electron chi connectivity index (χ3n) is 2.90. The van der Waals surface area contributed by atoms with Crippen molar-refractivity contribution in [3.8, 4) is 0 Å². The fourth-order valence-electron chi connectivity index (χ4n) is 1.76. The minimum atomic E-state index is -1.48. The van der Waals surface area contributed by atoms with Crippen LogP contribution in [-0.2, 0) is 19.1 Å². The summed E-state index contributed by atoms with van der Waals surface area (Å²) >= 11 is 0. The molecular formula is C15H14O7. The Morgan fingerprint density at radius 1 is 1.32 bits per heavy atom. The number of aliphatic hydroxyl groups is 3. The van der Waals surface area contributed by atoms with Gasteiger partial charge in [0.25, 0.3) is 0 Å². The predicted octanol–water partition coefficient (Wildman–Crippen LogP) is 0.857. The van der Waals surface area contributed by atoms with Crippen LogP contribution >= 0.6 is 0 Å². The monoisotopic (exact) mass is 306 g/mol. The van der Waals surface area contributed by atoms with E-state index in [0.29, 0.717) is 0 Å². The molecule has 22 heavy (non-hydrogen) atoms.